The Hall–Kier alpha value is -2.96. The van der Waals surface area contributed by atoms with E-state index in [0.717, 1.165) is 16.9 Å². The minimum absolute atomic E-state index is 0.0317. The maximum absolute atomic E-state index is 12.8. The van der Waals surface area contributed by atoms with Gasteiger partial charge in [0.2, 0.25) is 11.7 Å². The highest BCUT2D eigenvalue weighted by molar-refractivity contribution is 5.77. The number of halogens is 3. The predicted molar refractivity (Wildman–Crippen MR) is 85.3 cm³/mol. The number of carbonyl (C=O) groups excluding carboxylic acids is 1. The molecule has 26 heavy (non-hydrogen) atoms. The van der Waals surface area contributed by atoms with E-state index in [9.17, 15) is 23.2 Å². The first kappa shape index (κ1) is 19.4. The number of hydrogen-bond donors (Lipinski definition) is 1. The Bertz CT molecular complexity index is 839. The number of tetrazole rings is 1. The van der Waals surface area contributed by atoms with E-state index in [-0.39, 0.29) is 23.9 Å². The third kappa shape index (κ3) is 4.36. The number of benzene rings is 1. The van der Waals surface area contributed by atoms with Crippen LogP contribution in [0.4, 0.5) is 13.2 Å². The lowest BCUT2D eigenvalue weighted by Gasteiger charge is -2.27. The van der Waals surface area contributed by atoms with E-state index in [1.807, 2.05) is 6.07 Å². The lowest BCUT2D eigenvalue weighted by Crippen LogP contribution is -2.50. The van der Waals surface area contributed by atoms with Crippen molar-refractivity contribution in [3.8, 4) is 17.5 Å². The molecule has 0 aliphatic heterocycles. The van der Waals surface area contributed by atoms with Gasteiger partial charge in [-0.2, -0.15) is 23.2 Å². The monoisotopic (exact) mass is 366 g/mol. The van der Waals surface area contributed by atoms with Gasteiger partial charge in [0.05, 0.1) is 11.6 Å². The molecule has 1 aromatic heterocycles. The Kier molecular flexibility index (Phi) is 5.30. The second kappa shape index (κ2) is 7.11. The van der Waals surface area contributed by atoms with E-state index in [4.69, 9.17) is 0 Å². The van der Waals surface area contributed by atoms with Gasteiger partial charge in [-0.3, -0.25) is 4.79 Å². The van der Waals surface area contributed by atoms with Crippen LogP contribution in [-0.2, 0) is 17.5 Å². The molecule has 1 aromatic carbocycles. The highest BCUT2D eigenvalue weighted by Crippen LogP contribution is 2.31. The van der Waals surface area contributed by atoms with Crippen LogP contribution in [0, 0.1) is 17.2 Å². The van der Waals surface area contributed by atoms with Crippen LogP contribution in [0.3, 0.4) is 0 Å². The Labute approximate surface area is 147 Å². The maximum atomic E-state index is 12.8. The second-order valence-corrected chi connectivity index (χ2v) is 6.24. The minimum atomic E-state index is -4.48. The standard InChI is InChI=1S/C16H17F3N6O/c1-10(2)15(3,9-20)21-13(26)8-25-23-14(22-24-25)11-5-4-6-12(7-11)16(17,18)19/h4-7,10H,8H2,1-3H3,(H,21,26). The molecule has 138 valence electrons. The Morgan fingerprint density at radius 2 is 2.08 bits per heavy atom. The molecule has 0 aliphatic carbocycles. The van der Waals surface area contributed by atoms with Crippen molar-refractivity contribution in [1.82, 2.24) is 25.5 Å². The van der Waals surface area contributed by atoms with Crippen LogP contribution in [0.15, 0.2) is 24.3 Å². The van der Waals surface area contributed by atoms with Crippen LogP contribution in [0.25, 0.3) is 11.4 Å². The van der Waals surface area contributed by atoms with E-state index in [1.165, 1.54) is 12.1 Å². The van der Waals surface area contributed by atoms with Crippen molar-refractivity contribution < 1.29 is 18.0 Å². The van der Waals surface area contributed by atoms with E-state index < -0.39 is 23.2 Å². The van der Waals surface area contributed by atoms with Gasteiger partial charge in [-0.15, -0.1) is 10.2 Å². The third-order valence-corrected chi connectivity index (χ3v) is 3.97. The molecule has 1 N–H and O–H groups in total. The second-order valence-electron chi connectivity index (χ2n) is 6.24. The van der Waals surface area contributed by atoms with Crippen molar-refractivity contribution in [1.29, 1.82) is 5.26 Å². The van der Waals surface area contributed by atoms with E-state index >= 15 is 0 Å². The molecule has 1 amide bonds. The summed E-state index contributed by atoms with van der Waals surface area (Å²) in [5.41, 5.74) is -1.75. The molecule has 0 saturated carbocycles. The van der Waals surface area contributed by atoms with Crippen LogP contribution < -0.4 is 5.32 Å². The van der Waals surface area contributed by atoms with Crippen molar-refractivity contribution in [3.05, 3.63) is 29.8 Å². The van der Waals surface area contributed by atoms with Gasteiger partial charge in [-0.25, -0.2) is 0 Å². The fourth-order valence-corrected chi connectivity index (χ4v) is 2.02. The first-order chi connectivity index (χ1) is 12.0. The highest BCUT2D eigenvalue weighted by Gasteiger charge is 2.31. The molecule has 7 nitrogen and oxygen atoms in total. The fourth-order valence-electron chi connectivity index (χ4n) is 2.02. The summed E-state index contributed by atoms with van der Waals surface area (Å²) in [5.74, 6) is -0.660. The number of aromatic nitrogens is 4. The van der Waals surface area contributed by atoms with Gasteiger partial charge in [-0.05, 0) is 30.2 Å². The van der Waals surface area contributed by atoms with Gasteiger partial charge in [0.1, 0.15) is 12.1 Å². The summed E-state index contributed by atoms with van der Waals surface area (Å²) in [6.07, 6.45) is -4.48. The molecule has 0 radical (unpaired) electrons. The zero-order chi connectivity index (χ0) is 19.5. The summed E-state index contributed by atoms with van der Waals surface area (Å²) in [6, 6.07) is 6.55. The third-order valence-electron chi connectivity index (χ3n) is 3.97. The average Bonchev–Trinajstić information content (AvgIpc) is 3.02. The molecule has 0 fully saturated rings. The first-order valence-corrected chi connectivity index (χ1v) is 7.73. The van der Waals surface area contributed by atoms with Gasteiger partial charge in [0.15, 0.2) is 0 Å². The van der Waals surface area contributed by atoms with Gasteiger partial charge in [-0.1, -0.05) is 26.0 Å². The number of alkyl halides is 3. The molecule has 1 heterocycles. The molecule has 1 atom stereocenters. The summed E-state index contributed by atoms with van der Waals surface area (Å²) in [5, 5.41) is 23.1. The number of rotatable bonds is 5. The quantitative estimate of drug-likeness (QED) is 0.877. The van der Waals surface area contributed by atoms with Crippen LogP contribution in [0.1, 0.15) is 26.3 Å². The van der Waals surface area contributed by atoms with Crippen molar-refractivity contribution in [3.63, 3.8) is 0 Å². The molecule has 0 saturated heterocycles. The molecule has 10 heteroatoms. The first-order valence-electron chi connectivity index (χ1n) is 7.73. The molecular formula is C16H17F3N6O. The summed E-state index contributed by atoms with van der Waals surface area (Å²) in [4.78, 5) is 13.0. The molecule has 0 aliphatic rings. The highest BCUT2D eigenvalue weighted by atomic mass is 19.4. The number of hydrogen-bond acceptors (Lipinski definition) is 5. The smallest absolute Gasteiger partial charge is 0.336 e. The van der Waals surface area contributed by atoms with Crippen LogP contribution >= 0.6 is 0 Å². The van der Waals surface area contributed by atoms with Crippen LogP contribution in [0.5, 0.6) is 0 Å². The largest absolute Gasteiger partial charge is 0.416 e. The molecule has 2 rings (SSSR count). The number of nitrogens with zero attached hydrogens (tertiary/aromatic N) is 5. The summed E-state index contributed by atoms with van der Waals surface area (Å²) in [6.45, 7) is 4.88. The Morgan fingerprint density at radius 1 is 1.38 bits per heavy atom. The zero-order valence-corrected chi connectivity index (χ0v) is 14.4. The predicted octanol–water partition coefficient (Wildman–Crippen LogP) is 2.41. The summed E-state index contributed by atoms with van der Waals surface area (Å²) >= 11 is 0. The maximum Gasteiger partial charge on any atom is 0.416 e. The lowest BCUT2D eigenvalue weighted by atomic mass is 9.90. The van der Waals surface area contributed by atoms with Crippen LogP contribution in [0.2, 0.25) is 0 Å². The molecule has 2 aromatic rings. The Balaban J connectivity index is 2.14. The van der Waals surface area contributed by atoms with Gasteiger partial charge >= 0.3 is 6.18 Å². The number of carbonyl (C=O) groups is 1. The summed E-state index contributed by atoms with van der Waals surface area (Å²) in [7, 11) is 0. The van der Waals surface area contributed by atoms with Crippen molar-refractivity contribution in [2.45, 2.75) is 39.0 Å². The zero-order valence-electron chi connectivity index (χ0n) is 14.4. The number of nitrogens with one attached hydrogen (secondary N) is 1. The molecular weight excluding hydrogens is 349 g/mol. The van der Waals surface area contributed by atoms with E-state index in [0.29, 0.717) is 0 Å². The van der Waals surface area contributed by atoms with Crippen LogP contribution in [-0.4, -0.2) is 31.7 Å². The average molecular weight is 366 g/mol. The SMILES string of the molecule is CC(C)C(C)(C#N)NC(=O)Cn1nnc(-c2cccc(C(F)(F)F)c2)n1. The normalized spacial score (nSPS) is 13.9. The molecule has 0 bridgehead atoms. The van der Waals surface area contributed by atoms with Crippen molar-refractivity contribution in [2.75, 3.05) is 0 Å². The lowest BCUT2D eigenvalue weighted by molar-refractivity contribution is -0.137. The number of nitriles is 1. The van der Waals surface area contributed by atoms with E-state index in [2.05, 4.69) is 20.7 Å². The van der Waals surface area contributed by atoms with E-state index in [1.54, 1.807) is 20.8 Å². The van der Waals surface area contributed by atoms with Crippen molar-refractivity contribution in [2.24, 2.45) is 5.92 Å². The number of amides is 1. The van der Waals surface area contributed by atoms with Gasteiger partial charge in [0, 0.05) is 5.56 Å². The molecule has 0 spiro atoms. The summed E-state index contributed by atoms with van der Waals surface area (Å²) < 4.78 is 38.3. The topological polar surface area (TPSA) is 96.5 Å². The fraction of sp³-hybridized carbons (Fsp3) is 0.438. The van der Waals surface area contributed by atoms with Crippen molar-refractivity contribution >= 4 is 5.91 Å². The van der Waals surface area contributed by atoms with Gasteiger partial charge < -0.3 is 5.32 Å². The van der Waals surface area contributed by atoms with Gasteiger partial charge in [0.25, 0.3) is 0 Å². The molecule has 1 unspecified atom stereocenters. The minimum Gasteiger partial charge on any atom is -0.336 e. The Morgan fingerprint density at radius 3 is 2.65 bits per heavy atom.